The molecule has 0 bridgehead atoms. The fraction of sp³-hybridized carbons (Fsp3) is 0. The Balaban J connectivity index is 3.48. The van der Waals surface area contributed by atoms with Crippen molar-refractivity contribution in [2.24, 2.45) is 0 Å². The second-order valence-electron chi connectivity index (χ2n) is 1.27. The molecule has 0 spiro atoms. The molecule has 74 valence electrons. The first-order valence-corrected chi connectivity index (χ1v) is 11.3. The van der Waals surface area contributed by atoms with Gasteiger partial charge in [0.2, 0.25) is 0 Å². The molecule has 0 radical (unpaired) electrons. The summed E-state index contributed by atoms with van der Waals surface area (Å²) < 4.78 is 20.4. The summed E-state index contributed by atoms with van der Waals surface area (Å²) in [5.41, 5.74) is 0. The van der Waals surface area contributed by atoms with Crippen molar-refractivity contribution >= 4 is 54.1 Å². The summed E-state index contributed by atoms with van der Waals surface area (Å²) in [4.78, 5) is 33.1. The Kier molecular flexibility index (Phi) is 6.34. The van der Waals surface area contributed by atoms with Crippen LogP contribution in [0.25, 0.3) is 0 Å². The van der Waals surface area contributed by atoms with E-state index >= 15 is 0 Å². The molecule has 0 amide bonds. The van der Waals surface area contributed by atoms with E-state index in [0.717, 1.165) is 0 Å². The summed E-state index contributed by atoms with van der Waals surface area (Å²) in [6, 6.07) is 0. The van der Waals surface area contributed by atoms with Crippen molar-refractivity contribution in [2.45, 2.75) is 0 Å². The number of hydrogen-bond acceptors (Lipinski definition) is 6. The lowest BCUT2D eigenvalue weighted by molar-refractivity contribution is 0.395. The van der Waals surface area contributed by atoms with Gasteiger partial charge in [0.15, 0.2) is 0 Å². The van der Waals surface area contributed by atoms with Gasteiger partial charge in [-0.15, -0.1) is 0 Å². The van der Waals surface area contributed by atoms with Gasteiger partial charge in [0, 0.05) is 20.8 Å². The zero-order valence-electron chi connectivity index (χ0n) is 5.13. The quantitative estimate of drug-likeness (QED) is 0.339. The third-order valence-electron chi connectivity index (χ3n) is 0.283. The molecule has 0 aromatic rings. The molecule has 0 saturated heterocycles. The maximum Gasteiger partial charge on any atom is 0.395 e. The van der Waals surface area contributed by atoms with E-state index in [1.165, 1.54) is 0 Å². The van der Waals surface area contributed by atoms with Crippen LogP contribution in [0.1, 0.15) is 0 Å². The van der Waals surface area contributed by atoms with E-state index in [4.69, 9.17) is 19.6 Å². The van der Waals surface area contributed by atoms with Gasteiger partial charge in [-0.25, -0.2) is 9.13 Å². The van der Waals surface area contributed by atoms with Crippen LogP contribution in [0.4, 0.5) is 0 Å². The van der Waals surface area contributed by atoms with Gasteiger partial charge in [0.25, 0.3) is 0 Å². The second-order valence-corrected chi connectivity index (χ2v) is 13.5. The van der Waals surface area contributed by atoms with Crippen LogP contribution in [0.5, 0.6) is 0 Å². The predicted molar refractivity (Wildman–Crippen MR) is 54.5 cm³/mol. The number of rotatable bonds is 5. The van der Waals surface area contributed by atoms with Crippen molar-refractivity contribution in [3.05, 3.63) is 0 Å². The second kappa shape index (κ2) is 5.55. The summed E-state index contributed by atoms with van der Waals surface area (Å²) in [6.07, 6.45) is 0. The molecule has 0 atom stereocenters. The molecule has 0 aromatic heterocycles. The fourth-order valence-corrected chi connectivity index (χ4v) is 12.5. The normalized spacial score (nSPS) is 13.3. The lowest BCUT2D eigenvalue weighted by atomic mass is 15.8. The van der Waals surface area contributed by atoms with Gasteiger partial charge in [-0.2, -0.15) is 0 Å². The van der Waals surface area contributed by atoms with Crippen molar-refractivity contribution in [3.63, 3.8) is 0 Å². The van der Waals surface area contributed by atoms with Crippen LogP contribution in [0.15, 0.2) is 0 Å². The highest BCUT2D eigenvalue weighted by Crippen LogP contribution is 2.68. The Morgan fingerprint density at radius 1 is 0.750 bits per heavy atom. The van der Waals surface area contributed by atoms with E-state index in [1.54, 1.807) is 0 Å². The van der Waals surface area contributed by atoms with Crippen LogP contribution in [-0.2, 0) is 9.13 Å². The summed E-state index contributed by atoms with van der Waals surface area (Å²) in [7, 11) is 1.77. The minimum atomic E-state index is -4.16. The molecule has 0 rings (SSSR count). The topological polar surface area (TPSA) is 115 Å². The molecule has 12 heavy (non-hydrogen) atoms. The first kappa shape index (κ1) is 13.7. The van der Waals surface area contributed by atoms with Gasteiger partial charge in [0.1, 0.15) is 0 Å². The maximum absolute atomic E-state index is 10.2. The monoisotopic (exact) mass is 290 g/mol. The van der Waals surface area contributed by atoms with Crippen molar-refractivity contribution in [1.82, 2.24) is 0 Å². The molecule has 0 heterocycles. The van der Waals surface area contributed by atoms with Crippen LogP contribution >= 0.6 is 54.1 Å². The maximum atomic E-state index is 10.2. The third kappa shape index (κ3) is 11.7. The average Bonchev–Trinajstić information content (AvgIpc) is 1.76. The van der Waals surface area contributed by atoms with Gasteiger partial charge in [-0.3, -0.25) is 0 Å². The summed E-state index contributed by atoms with van der Waals surface area (Å²) in [6.45, 7) is -8.31. The lowest BCUT2D eigenvalue weighted by Gasteiger charge is -2.01. The Hall–Kier alpha value is 1.70. The molecule has 0 fully saturated rings. The highest BCUT2D eigenvalue weighted by Gasteiger charge is 2.19. The molecule has 12 heteroatoms. The van der Waals surface area contributed by atoms with E-state index in [9.17, 15) is 9.13 Å². The molecule has 0 unspecified atom stereocenters. The molecule has 0 aromatic carbocycles. The van der Waals surface area contributed by atoms with Crippen LogP contribution in [0.3, 0.4) is 0 Å². The third-order valence-corrected chi connectivity index (χ3v) is 12.4. The van der Waals surface area contributed by atoms with E-state index in [1.807, 2.05) is 0 Å². The van der Waals surface area contributed by atoms with Gasteiger partial charge in [-0.1, -0.05) is 0 Å². The van der Waals surface area contributed by atoms with E-state index in [2.05, 4.69) is 0 Å². The molecule has 6 nitrogen and oxygen atoms in total. The molecule has 0 aliphatic carbocycles. The van der Waals surface area contributed by atoms with Crippen molar-refractivity contribution in [2.75, 3.05) is 0 Å². The molecular weight excluding hydrogens is 286 g/mol. The van der Waals surface area contributed by atoms with Gasteiger partial charge in [-0.05, 0) is 19.7 Å². The Labute approximate surface area is 82.7 Å². The van der Waals surface area contributed by atoms with E-state index in [0.29, 0.717) is 19.7 Å². The summed E-state index contributed by atoms with van der Waals surface area (Å²) in [5.74, 6) is 0. The highest BCUT2D eigenvalue weighted by molar-refractivity contribution is 9.36. The van der Waals surface area contributed by atoms with Gasteiger partial charge >= 0.3 is 13.6 Å². The van der Waals surface area contributed by atoms with Crippen molar-refractivity contribution in [3.8, 4) is 0 Å². The van der Waals surface area contributed by atoms with Crippen molar-refractivity contribution < 1.29 is 28.7 Å². The van der Waals surface area contributed by atoms with Crippen molar-refractivity contribution in [1.29, 1.82) is 0 Å². The van der Waals surface area contributed by atoms with E-state index in [-0.39, 0.29) is 20.8 Å². The molecule has 0 aliphatic heterocycles. The van der Waals surface area contributed by atoms with Crippen LogP contribution in [0, 0.1) is 0 Å². The standard InChI is InChI=1S/H4O6P2S4/c1-7(2,3)9-11-12-10-8(4,5)6/h(H2,1,2,3)(H2,4,5,6). The molecule has 0 saturated carbocycles. The fourth-order valence-electron chi connectivity index (χ4n) is 0.104. The molecule has 4 N–H and O–H groups in total. The first-order chi connectivity index (χ1) is 5.21. The van der Waals surface area contributed by atoms with Crippen LogP contribution < -0.4 is 0 Å². The largest absolute Gasteiger partial charge is 0.395 e. The van der Waals surface area contributed by atoms with Crippen LogP contribution in [0.2, 0.25) is 0 Å². The lowest BCUT2D eigenvalue weighted by Crippen LogP contribution is -1.63. The first-order valence-electron chi connectivity index (χ1n) is 2.03. The minimum Gasteiger partial charge on any atom is -0.316 e. The Bertz CT molecular complexity index is 190. The number of hydrogen-bond donors (Lipinski definition) is 4. The Morgan fingerprint density at radius 3 is 1.17 bits per heavy atom. The zero-order valence-corrected chi connectivity index (χ0v) is 10.2. The molecular formula is H4O6P2S4. The molecule has 0 aliphatic rings. The van der Waals surface area contributed by atoms with Crippen LogP contribution in [-0.4, -0.2) is 19.6 Å². The summed E-state index contributed by atoms with van der Waals surface area (Å²) >= 11 is 0. The Morgan fingerprint density at radius 2 is 1.00 bits per heavy atom. The summed E-state index contributed by atoms with van der Waals surface area (Å²) in [5, 5.41) is 0. The van der Waals surface area contributed by atoms with E-state index < -0.39 is 13.6 Å². The minimum absolute atomic E-state index is 0.256. The predicted octanol–water partition coefficient (Wildman–Crippen LogP) is 1.85. The van der Waals surface area contributed by atoms with Gasteiger partial charge < -0.3 is 19.6 Å². The zero-order chi connectivity index (χ0) is 9.83. The van der Waals surface area contributed by atoms with Gasteiger partial charge in [0.05, 0.1) is 0 Å². The highest BCUT2D eigenvalue weighted by atomic mass is 33.8. The average molecular weight is 290 g/mol. The smallest absolute Gasteiger partial charge is 0.316 e. The SMILES string of the molecule is O=P(O)(O)SSSSP(=O)(O)O.